The van der Waals surface area contributed by atoms with E-state index in [2.05, 4.69) is 27.4 Å². The molecular formula is C19H15ClN4O2S. The first kappa shape index (κ1) is 19.0. The van der Waals surface area contributed by atoms with Crippen LogP contribution in [-0.4, -0.2) is 38.5 Å². The molecule has 0 aliphatic rings. The Bertz CT molecular complexity index is 975. The highest BCUT2D eigenvalue weighted by Crippen LogP contribution is 2.19. The molecule has 0 N–H and O–H groups in total. The van der Waals surface area contributed by atoms with E-state index in [1.54, 1.807) is 28.9 Å². The van der Waals surface area contributed by atoms with Gasteiger partial charge in [0.25, 0.3) is 0 Å². The summed E-state index contributed by atoms with van der Waals surface area (Å²) in [5.41, 5.74) is 2.41. The van der Waals surface area contributed by atoms with Crippen LogP contribution in [0.25, 0.3) is 5.69 Å². The van der Waals surface area contributed by atoms with Crippen LogP contribution in [0.3, 0.4) is 0 Å². The fourth-order valence-corrected chi connectivity index (χ4v) is 2.88. The topological polar surface area (TPSA) is 69.9 Å². The van der Waals surface area contributed by atoms with Crippen molar-refractivity contribution in [1.82, 2.24) is 20.2 Å². The van der Waals surface area contributed by atoms with Gasteiger partial charge >= 0.3 is 5.97 Å². The Morgan fingerprint density at radius 3 is 2.63 bits per heavy atom. The fourth-order valence-electron chi connectivity index (χ4n) is 2.09. The third-order valence-corrected chi connectivity index (χ3v) is 4.53. The average Bonchev–Trinajstić information content (AvgIpc) is 3.14. The quantitative estimate of drug-likeness (QED) is 0.371. The van der Waals surface area contributed by atoms with Crippen molar-refractivity contribution in [1.29, 1.82) is 0 Å². The van der Waals surface area contributed by atoms with Crippen LogP contribution in [0.2, 0.25) is 5.02 Å². The molecule has 0 aliphatic carbocycles. The molecule has 0 radical (unpaired) electrons. The van der Waals surface area contributed by atoms with Crippen molar-refractivity contribution >= 4 is 29.3 Å². The second-order valence-electron chi connectivity index (χ2n) is 5.43. The zero-order valence-electron chi connectivity index (χ0n) is 14.4. The van der Waals surface area contributed by atoms with Gasteiger partial charge in [0.05, 0.1) is 17.0 Å². The second kappa shape index (κ2) is 9.21. The maximum atomic E-state index is 11.9. The zero-order valence-corrected chi connectivity index (χ0v) is 16.0. The van der Waals surface area contributed by atoms with Gasteiger partial charge in [-0.05, 0) is 53.7 Å². The summed E-state index contributed by atoms with van der Waals surface area (Å²) in [5.74, 6) is 5.83. The molecule has 3 rings (SSSR count). The molecular weight excluding hydrogens is 384 g/mol. The van der Waals surface area contributed by atoms with Gasteiger partial charge in [0, 0.05) is 5.02 Å². The number of halogens is 1. The van der Waals surface area contributed by atoms with Crippen molar-refractivity contribution in [2.24, 2.45) is 0 Å². The number of thioether (sulfide) groups is 1. The third-order valence-electron chi connectivity index (χ3n) is 3.47. The molecule has 2 aromatic carbocycles. The monoisotopic (exact) mass is 398 g/mol. The lowest BCUT2D eigenvalue weighted by Crippen LogP contribution is -2.05. The van der Waals surface area contributed by atoms with Gasteiger partial charge in [-0.15, -0.1) is 5.10 Å². The van der Waals surface area contributed by atoms with Crippen molar-refractivity contribution in [3.05, 3.63) is 64.7 Å². The molecule has 0 unspecified atom stereocenters. The smallest absolute Gasteiger partial charge is 0.339 e. The number of rotatable bonds is 5. The molecule has 0 saturated carbocycles. The molecule has 0 aliphatic heterocycles. The second-order valence-corrected chi connectivity index (χ2v) is 6.81. The van der Waals surface area contributed by atoms with Gasteiger partial charge in [0.2, 0.25) is 5.16 Å². The van der Waals surface area contributed by atoms with E-state index in [9.17, 15) is 4.79 Å². The van der Waals surface area contributed by atoms with Crippen LogP contribution in [-0.2, 0) is 4.74 Å². The number of aromatic nitrogens is 4. The lowest BCUT2D eigenvalue weighted by atomic mass is 10.1. The standard InChI is InChI=1S/C19H15ClN4O2S/c1-14-4-6-15(7-5-14)18(25)26-12-2-3-13-27-19-21-22-23-24(19)17-10-8-16(20)9-11-17/h4-11H,12-13H2,1H3. The summed E-state index contributed by atoms with van der Waals surface area (Å²) in [6.45, 7) is 2.00. The van der Waals surface area contributed by atoms with Gasteiger partial charge < -0.3 is 4.74 Å². The first-order chi connectivity index (χ1) is 13.1. The van der Waals surface area contributed by atoms with Crippen molar-refractivity contribution in [3.8, 4) is 17.5 Å². The Morgan fingerprint density at radius 2 is 1.89 bits per heavy atom. The number of ether oxygens (including phenoxy) is 1. The van der Waals surface area contributed by atoms with E-state index in [-0.39, 0.29) is 12.6 Å². The number of hydrogen-bond acceptors (Lipinski definition) is 6. The molecule has 0 saturated heterocycles. The maximum absolute atomic E-state index is 11.9. The molecule has 27 heavy (non-hydrogen) atoms. The van der Waals surface area contributed by atoms with Crippen molar-refractivity contribution < 1.29 is 9.53 Å². The van der Waals surface area contributed by atoms with E-state index in [1.807, 2.05) is 31.2 Å². The average molecular weight is 399 g/mol. The SMILES string of the molecule is Cc1ccc(C(=O)OCC#CCSc2nnnn2-c2ccc(Cl)cc2)cc1. The third kappa shape index (κ3) is 5.33. The summed E-state index contributed by atoms with van der Waals surface area (Å²) < 4.78 is 6.74. The minimum atomic E-state index is -0.386. The summed E-state index contributed by atoms with van der Waals surface area (Å²) in [6, 6.07) is 14.4. The van der Waals surface area contributed by atoms with Crippen LogP contribution in [0.1, 0.15) is 15.9 Å². The highest BCUT2D eigenvalue weighted by atomic mass is 35.5. The Morgan fingerprint density at radius 1 is 1.15 bits per heavy atom. The molecule has 136 valence electrons. The predicted octanol–water partition coefficient (Wildman–Crippen LogP) is 3.58. The van der Waals surface area contributed by atoms with E-state index < -0.39 is 0 Å². The van der Waals surface area contributed by atoms with Gasteiger partial charge in [-0.3, -0.25) is 0 Å². The summed E-state index contributed by atoms with van der Waals surface area (Å²) >= 11 is 7.28. The van der Waals surface area contributed by atoms with Gasteiger partial charge in [0.15, 0.2) is 6.61 Å². The maximum Gasteiger partial charge on any atom is 0.339 e. The Hall–Kier alpha value is -2.82. The molecule has 1 aromatic heterocycles. The fraction of sp³-hybridized carbons (Fsp3) is 0.158. The zero-order chi connectivity index (χ0) is 19.1. The lowest BCUT2D eigenvalue weighted by molar-refractivity contribution is 0.0556. The van der Waals surface area contributed by atoms with E-state index >= 15 is 0 Å². The molecule has 3 aromatic rings. The first-order valence-electron chi connectivity index (χ1n) is 8.00. The van der Waals surface area contributed by atoms with Crippen LogP contribution < -0.4 is 0 Å². The number of carbonyl (C=O) groups is 1. The normalized spacial score (nSPS) is 10.1. The van der Waals surface area contributed by atoms with E-state index in [4.69, 9.17) is 16.3 Å². The number of benzene rings is 2. The van der Waals surface area contributed by atoms with Crippen LogP contribution in [0.15, 0.2) is 53.7 Å². The summed E-state index contributed by atoms with van der Waals surface area (Å²) in [4.78, 5) is 11.9. The molecule has 0 spiro atoms. The minimum absolute atomic E-state index is 0.0371. The lowest BCUT2D eigenvalue weighted by Gasteiger charge is -2.02. The van der Waals surface area contributed by atoms with Crippen molar-refractivity contribution in [3.63, 3.8) is 0 Å². The van der Waals surface area contributed by atoms with Gasteiger partial charge in [-0.1, -0.05) is 52.9 Å². The largest absolute Gasteiger partial charge is 0.449 e. The Labute approximate surface area is 165 Å². The molecule has 8 heteroatoms. The van der Waals surface area contributed by atoms with E-state index in [0.717, 1.165) is 11.3 Å². The highest BCUT2D eigenvalue weighted by Gasteiger charge is 2.08. The molecule has 0 bridgehead atoms. The molecule has 1 heterocycles. The van der Waals surface area contributed by atoms with Gasteiger partial charge in [-0.2, -0.15) is 4.68 Å². The van der Waals surface area contributed by atoms with Gasteiger partial charge in [0.1, 0.15) is 0 Å². The highest BCUT2D eigenvalue weighted by molar-refractivity contribution is 7.99. The van der Waals surface area contributed by atoms with Crippen LogP contribution in [0, 0.1) is 18.8 Å². The van der Waals surface area contributed by atoms with Crippen molar-refractivity contribution in [2.75, 3.05) is 12.4 Å². The minimum Gasteiger partial charge on any atom is -0.449 e. The number of carbonyl (C=O) groups excluding carboxylic acids is 1. The van der Waals surface area contributed by atoms with Crippen LogP contribution in [0.4, 0.5) is 0 Å². The number of tetrazole rings is 1. The van der Waals surface area contributed by atoms with Gasteiger partial charge in [-0.25, -0.2) is 4.79 Å². The number of esters is 1. The van der Waals surface area contributed by atoms with E-state index in [1.165, 1.54) is 11.8 Å². The Balaban J connectivity index is 1.49. The first-order valence-corrected chi connectivity index (χ1v) is 9.36. The number of hydrogen-bond donors (Lipinski definition) is 0. The number of nitrogens with zero attached hydrogens (tertiary/aromatic N) is 4. The summed E-state index contributed by atoms with van der Waals surface area (Å²) in [6.07, 6.45) is 0. The van der Waals surface area contributed by atoms with Crippen LogP contribution in [0.5, 0.6) is 0 Å². The molecule has 6 nitrogen and oxygen atoms in total. The van der Waals surface area contributed by atoms with E-state index in [0.29, 0.717) is 21.5 Å². The predicted molar refractivity (Wildman–Crippen MR) is 104 cm³/mol. The summed E-state index contributed by atoms with van der Waals surface area (Å²) in [5, 5.41) is 12.9. The Kier molecular flexibility index (Phi) is 6.47. The molecule has 0 atom stereocenters. The molecule has 0 amide bonds. The molecule has 0 fully saturated rings. The summed E-state index contributed by atoms with van der Waals surface area (Å²) in [7, 11) is 0. The van der Waals surface area contributed by atoms with Crippen LogP contribution >= 0.6 is 23.4 Å². The number of aryl methyl sites for hydroxylation is 1. The van der Waals surface area contributed by atoms with Crippen molar-refractivity contribution in [2.45, 2.75) is 12.1 Å².